The van der Waals surface area contributed by atoms with Gasteiger partial charge in [0.2, 0.25) is 0 Å². The summed E-state index contributed by atoms with van der Waals surface area (Å²) in [7, 11) is 3.31. The molecule has 0 radical (unpaired) electrons. The highest BCUT2D eigenvalue weighted by Crippen LogP contribution is 2.30. The average molecular weight is 344 g/mol. The van der Waals surface area contributed by atoms with Crippen molar-refractivity contribution in [2.45, 2.75) is 24.8 Å². The summed E-state index contributed by atoms with van der Waals surface area (Å²) in [6, 6.07) is 5.66. The van der Waals surface area contributed by atoms with Crippen molar-refractivity contribution >= 4 is 22.8 Å². The fourth-order valence-electron chi connectivity index (χ4n) is 2.63. The zero-order valence-corrected chi connectivity index (χ0v) is 15.0. The van der Waals surface area contributed by atoms with Crippen LogP contribution < -0.4 is 15.3 Å². The van der Waals surface area contributed by atoms with E-state index in [1.54, 1.807) is 30.7 Å². The molecule has 6 nitrogen and oxygen atoms in total. The third-order valence-corrected chi connectivity index (χ3v) is 4.92. The van der Waals surface area contributed by atoms with Crippen molar-refractivity contribution in [1.29, 1.82) is 0 Å². The number of hydrogen-bond acceptors (Lipinski definition) is 6. The van der Waals surface area contributed by atoms with Gasteiger partial charge < -0.3 is 15.3 Å². The molecule has 1 aromatic carbocycles. The average Bonchev–Trinajstić information content (AvgIpc) is 2.90. The van der Waals surface area contributed by atoms with E-state index in [-0.39, 0.29) is 0 Å². The molecule has 0 saturated heterocycles. The van der Waals surface area contributed by atoms with Gasteiger partial charge in [0, 0.05) is 29.1 Å². The molecule has 0 amide bonds. The quantitative estimate of drug-likeness (QED) is 0.566. The second kappa shape index (κ2) is 6.60. The van der Waals surface area contributed by atoms with Gasteiger partial charge in [-0.1, -0.05) is 11.8 Å². The van der Waals surface area contributed by atoms with Crippen molar-refractivity contribution in [2.75, 3.05) is 20.1 Å². The molecule has 24 heavy (non-hydrogen) atoms. The van der Waals surface area contributed by atoms with Crippen LogP contribution in [0.15, 0.2) is 29.6 Å². The van der Waals surface area contributed by atoms with Crippen LogP contribution in [0, 0.1) is 13.8 Å². The number of aryl methyl sites for hydroxylation is 1. The lowest BCUT2D eigenvalue weighted by atomic mass is 10.1. The summed E-state index contributed by atoms with van der Waals surface area (Å²) in [4.78, 5) is 9.10. The van der Waals surface area contributed by atoms with Gasteiger partial charge in [-0.2, -0.15) is 0 Å². The highest BCUT2D eigenvalue weighted by molar-refractivity contribution is 7.98. The normalized spacial score (nSPS) is 11.0. The number of fused-ring (bicyclic) bond motifs is 1. The summed E-state index contributed by atoms with van der Waals surface area (Å²) >= 11 is 1.55. The number of rotatable bonds is 5. The molecule has 0 spiro atoms. The molecule has 126 valence electrons. The van der Waals surface area contributed by atoms with Gasteiger partial charge in [0.05, 0.1) is 30.9 Å². The Hall–Kier alpha value is -2.41. The number of thioether (sulfide) groups is 1. The molecular weight excluding hydrogens is 324 g/mol. The van der Waals surface area contributed by atoms with Gasteiger partial charge in [-0.15, -0.1) is 0 Å². The highest BCUT2D eigenvalue weighted by Gasteiger charge is 2.13. The number of ether oxygens (including phenoxy) is 2. The van der Waals surface area contributed by atoms with Crippen LogP contribution in [-0.2, 0) is 5.75 Å². The van der Waals surface area contributed by atoms with Crippen LogP contribution in [0.25, 0.3) is 11.0 Å². The molecule has 0 aliphatic heterocycles. The van der Waals surface area contributed by atoms with E-state index in [0.717, 1.165) is 44.5 Å². The standard InChI is InChI=1S/C17H20N4O2S/c1-10-8-19-14(11(2)16(10)23-4)9-24-17-20-13-7-12(22-3)5-6-15(13)21(17)18/h5-8H,9,18H2,1-4H3. The molecule has 2 aromatic heterocycles. The number of nitrogens with two attached hydrogens (primary N) is 1. The Morgan fingerprint density at radius 1 is 1.21 bits per heavy atom. The first-order valence-electron chi connectivity index (χ1n) is 7.48. The molecule has 0 atom stereocenters. The van der Waals surface area contributed by atoms with E-state index in [2.05, 4.69) is 9.97 Å². The number of pyridine rings is 1. The number of benzene rings is 1. The Kier molecular flexibility index (Phi) is 4.53. The minimum absolute atomic E-state index is 0.667. The van der Waals surface area contributed by atoms with E-state index in [0.29, 0.717) is 5.75 Å². The van der Waals surface area contributed by atoms with E-state index in [1.165, 1.54) is 0 Å². The fraction of sp³-hybridized carbons (Fsp3) is 0.294. The van der Waals surface area contributed by atoms with Crippen LogP contribution in [0.2, 0.25) is 0 Å². The number of methoxy groups -OCH3 is 2. The molecule has 0 aliphatic rings. The van der Waals surface area contributed by atoms with Gasteiger partial charge in [0.15, 0.2) is 5.16 Å². The Balaban J connectivity index is 1.87. The zero-order chi connectivity index (χ0) is 17.3. The molecule has 3 rings (SSSR count). The maximum atomic E-state index is 6.16. The molecule has 0 unspecified atom stereocenters. The summed E-state index contributed by atoms with van der Waals surface area (Å²) in [5.41, 5.74) is 4.72. The molecule has 0 aliphatic carbocycles. The van der Waals surface area contributed by atoms with Crippen LogP contribution in [0.5, 0.6) is 11.5 Å². The monoisotopic (exact) mass is 344 g/mol. The third kappa shape index (κ3) is 2.87. The molecule has 0 fully saturated rings. The largest absolute Gasteiger partial charge is 0.497 e. The minimum atomic E-state index is 0.667. The summed E-state index contributed by atoms with van der Waals surface area (Å²) in [5.74, 6) is 8.47. The first-order valence-corrected chi connectivity index (χ1v) is 8.47. The van der Waals surface area contributed by atoms with Crippen LogP contribution in [0.1, 0.15) is 16.8 Å². The van der Waals surface area contributed by atoms with E-state index in [4.69, 9.17) is 15.3 Å². The first kappa shape index (κ1) is 16.4. The Bertz CT molecular complexity index is 892. The highest BCUT2D eigenvalue weighted by atomic mass is 32.2. The van der Waals surface area contributed by atoms with Crippen LogP contribution in [0.3, 0.4) is 0 Å². The van der Waals surface area contributed by atoms with E-state index >= 15 is 0 Å². The van der Waals surface area contributed by atoms with Gasteiger partial charge in [0.25, 0.3) is 0 Å². The third-order valence-electron chi connectivity index (χ3n) is 3.95. The number of aromatic nitrogens is 3. The lowest BCUT2D eigenvalue weighted by Gasteiger charge is -2.11. The van der Waals surface area contributed by atoms with E-state index in [9.17, 15) is 0 Å². The SMILES string of the molecule is COc1ccc2c(c1)nc(SCc1ncc(C)c(OC)c1C)n2N. The Morgan fingerprint density at radius 3 is 2.71 bits per heavy atom. The molecule has 0 bridgehead atoms. The molecule has 2 heterocycles. The Labute approximate surface area is 145 Å². The van der Waals surface area contributed by atoms with Crippen molar-refractivity contribution in [3.63, 3.8) is 0 Å². The van der Waals surface area contributed by atoms with Crippen LogP contribution in [0.4, 0.5) is 0 Å². The maximum Gasteiger partial charge on any atom is 0.188 e. The number of hydrogen-bond donors (Lipinski definition) is 1. The number of nitrogen functional groups attached to an aromatic ring is 1. The van der Waals surface area contributed by atoms with Crippen molar-refractivity contribution in [1.82, 2.24) is 14.6 Å². The zero-order valence-electron chi connectivity index (χ0n) is 14.2. The van der Waals surface area contributed by atoms with Crippen molar-refractivity contribution in [3.05, 3.63) is 41.2 Å². The van der Waals surface area contributed by atoms with Crippen LogP contribution in [-0.4, -0.2) is 28.9 Å². The van der Waals surface area contributed by atoms with Gasteiger partial charge in [-0.3, -0.25) is 4.98 Å². The Morgan fingerprint density at radius 2 is 2.00 bits per heavy atom. The molecular formula is C17H20N4O2S. The summed E-state index contributed by atoms with van der Waals surface area (Å²) in [6.07, 6.45) is 1.83. The van der Waals surface area contributed by atoms with Crippen molar-refractivity contribution in [2.24, 2.45) is 0 Å². The van der Waals surface area contributed by atoms with E-state index < -0.39 is 0 Å². The molecule has 0 saturated carbocycles. The van der Waals surface area contributed by atoms with Gasteiger partial charge in [-0.05, 0) is 26.0 Å². The van der Waals surface area contributed by atoms with Gasteiger partial charge in [0.1, 0.15) is 11.5 Å². The second-order valence-corrected chi connectivity index (χ2v) is 6.40. The first-order chi connectivity index (χ1) is 11.5. The lowest BCUT2D eigenvalue weighted by molar-refractivity contribution is 0.407. The van der Waals surface area contributed by atoms with Gasteiger partial charge in [-0.25, -0.2) is 9.66 Å². The smallest absolute Gasteiger partial charge is 0.188 e. The van der Waals surface area contributed by atoms with Gasteiger partial charge >= 0.3 is 0 Å². The summed E-state index contributed by atoms with van der Waals surface area (Å²) in [6.45, 7) is 4.01. The molecule has 2 N–H and O–H groups in total. The predicted molar refractivity (Wildman–Crippen MR) is 96.3 cm³/mol. The molecule has 3 aromatic rings. The number of imidazole rings is 1. The summed E-state index contributed by atoms with van der Waals surface area (Å²) < 4.78 is 12.3. The minimum Gasteiger partial charge on any atom is -0.497 e. The van der Waals surface area contributed by atoms with Crippen molar-refractivity contribution in [3.8, 4) is 11.5 Å². The molecule has 7 heteroatoms. The lowest BCUT2D eigenvalue weighted by Crippen LogP contribution is -2.09. The summed E-state index contributed by atoms with van der Waals surface area (Å²) in [5, 5.41) is 0.735. The van der Waals surface area contributed by atoms with Crippen molar-refractivity contribution < 1.29 is 9.47 Å². The topological polar surface area (TPSA) is 75.2 Å². The van der Waals surface area contributed by atoms with Crippen LogP contribution >= 0.6 is 11.8 Å². The second-order valence-electron chi connectivity index (χ2n) is 5.45. The fourth-order valence-corrected chi connectivity index (χ4v) is 3.59. The predicted octanol–water partition coefficient (Wildman–Crippen LogP) is 3.07. The maximum absolute atomic E-state index is 6.16. The number of nitrogens with zero attached hydrogens (tertiary/aromatic N) is 3. The van der Waals surface area contributed by atoms with E-state index in [1.807, 2.05) is 38.2 Å².